The third-order valence-electron chi connectivity index (χ3n) is 3.58. The Hall–Kier alpha value is -2.90. The first-order valence-electron chi connectivity index (χ1n) is 7.58. The zero-order valence-corrected chi connectivity index (χ0v) is 13.4. The lowest BCUT2D eigenvalue weighted by Crippen LogP contribution is -2.43. The summed E-state index contributed by atoms with van der Waals surface area (Å²) in [5.41, 5.74) is -0.415. The van der Waals surface area contributed by atoms with Crippen molar-refractivity contribution in [2.24, 2.45) is 0 Å². The van der Waals surface area contributed by atoms with Gasteiger partial charge in [-0.1, -0.05) is 30.3 Å². The van der Waals surface area contributed by atoms with Gasteiger partial charge in [0.05, 0.1) is 12.0 Å². The van der Waals surface area contributed by atoms with Crippen LogP contribution in [0.3, 0.4) is 0 Å². The fourth-order valence-electron chi connectivity index (χ4n) is 2.39. The van der Waals surface area contributed by atoms with Crippen molar-refractivity contribution in [2.45, 2.75) is 25.1 Å². The molecule has 2 N–H and O–H groups in total. The smallest absolute Gasteiger partial charge is 0.416 e. The first-order chi connectivity index (χ1) is 12.1. The monoisotopic (exact) mass is 369 g/mol. The van der Waals surface area contributed by atoms with E-state index in [2.05, 4.69) is 5.32 Å². The van der Waals surface area contributed by atoms with Crippen molar-refractivity contribution in [2.75, 3.05) is 0 Å². The third-order valence-corrected chi connectivity index (χ3v) is 3.58. The SMILES string of the molecule is O=C(Cc1cccc(C(F)(F)F)c1)N[C@H](Cc1cccc(F)c1)C(=O)O. The molecule has 1 amide bonds. The van der Waals surface area contributed by atoms with Gasteiger partial charge in [0.2, 0.25) is 5.91 Å². The highest BCUT2D eigenvalue weighted by Crippen LogP contribution is 2.29. The molecule has 0 heterocycles. The molecular formula is C18H15F4NO3. The minimum Gasteiger partial charge on any atom is -0.480 e. The maximum absolute atomic E-state index is 13.2. The van der Waals surface area contributed by atoms with Gasteiger partial charge in [0, 0.05) is 6.42 Å². The second-order valence-electron chi connectivity index (χ2n) is 5.67. The molecule has 0 aliphatic rings. The van der Waals surface area contributed by atoms with E-state index >= 15 is 0 Å². The van der Waals surface area contributed by atoms with Crippen LogP contribution in [0.2, 0.25) is 0 Å². The zero-order valence-electron chi connectivity index (χ0n) is 13.4. The van der Waals surface area contributed by atoms with Crippen molar-refractivity contribution in [3.63, 3.8) is 0 Å². The van der Waals surface area contributed by atoms with Gasteiger partial charge >= 0.3 is 12.1 Å². The standard InChI is InChI=1S/C18H15F4NO3/c19-14-6-2-4-12(8-14)9-15(17(25)26)23-16(24)10-11-3-1-5-13(7-11)18(20,21)22/h1-8,15H,9-10H2,(H,23,24)(H,25,26)/t15-/m1/s1. The average Bonchev–Trinajstić information content (AvgIpc) is 2.53. The number of hydrogen-bond acceptors (Lipinski definition) is 2. The molecule has 138 valence electrons. The molecule has 8 heteroatoms. The van der Waals surface area contributed by atoms with E-state index in [4.69, 9.17) is 0 Å². The van der Waals surface area contributed by atoms with E-state index < -0.39 is 41.9 Å². The molecule has 2 rings (SSSR count). The molecule has 0 saturated carbocycles. The summed E-state index contributed by atoms with van der Waals surface area (Å²) in [5, 5.41) is 11.5. The van der Waals surface area contributed by atoms with Crippen LogP contribution in [-0.2, 0) is 28.6 Å². The molecule has 2 aromatic rings. The molecule has 0 spiro atoms. The summed E-state index contributed by atoms with van der Waals surface area (Å²) in [6, 6.07) is 8.18. The van der Waals surface area contributed by atoms with Crippen LogP contribution in [0.1, 0.15) is 16.7 Å². The van der Waals surface area contributed by atoms with E-state index in [0.29, 0.717) is 5.56 Å². The maximum atomic E-state index is 13.2. The number of benzene rings is 2. The highest BCUT2D eigenvalue weighted by Gasteiger charge is 2.30. The number of carbonyl (C=O) groups excluding carboxylic acids is 1. The van der Waals surface area contributed by atoms with Crippen LogP contribution in [0.25, 0.3) is 0 Å². The Labute approximate surface area is 146 Å². The Morgan fingerprint density at radius 1 is 1.04 bits per heavy atom. The number of nitrogens with one attached hydrogen (secondary N) is 1. The molecule has 0 aliphatic heterocycles. The van der Waals surface area contributed by atoms with E-state index in [1.165, 1.54) is 30.3 Å². The lowest BCUT2D eigenvalue weighted by Gasteiger charge is -2.15. The molecule has 1 atom stereocenters. The summed E-state index contributed by atoms with van der Waals surface area (Å²) in [6.45, 7) is 0. The molecule has 26 heavy (non-hydrogen) atoms. The first kappa shape index (κ1) is 19.4. The Balaban J connectivity index is 2.05. The van der Waals surface area contributed by atoms with Crippen LogP contribution < -0.4 is 5.32 Å². The Kier molecular flexibility index (Phi) is 5.97. The molecule has 2 aromatic carbocycles. The van der Waals surface area contributed by atoms with E-state index in [0.717, 1.165) is 18.2 Å². The number of aliphatic carboxylic acids is 1. The van der Waals surface area contributed by atoms with Crippen LogP contribution >= 0.6 is 0 Å². The summed E-state index contributed by atoms with van der Waals surface area (Å²) in [4.78, 5) is 23.3. The largest absolute Gasteiger partial charge is 0.480 e. The number of rotatable bonds is 6. The highest BCUT2D eigenvalue weighted by atomic mass is 19.4. The second-order valence-corrected chi connectivity index (χ2v) is 5.67. The van der Waals surface area contributed by atoms with Crippen LogP contribution in [0.15, 0.2) is 48.5 Å². The molecule has 0 aromatic heterocycles. The number of amides is 1. The molecular weight excluding hydrogens is 354 g/mol. The second kappa shape index (κ2) is 7.99. The third kappa shape index (κ3) is 5.58. The van der Waals surface area contributed by atoms with E-state index in [1.807, 2.05) is 0 Å². The quantitative estimate of drug-likeness (QED) is 0.769. The van der Waals surface area contributed by atoms with Crippen molar-refractivity contribution < 1.29 is 32.3 Å². The summed E-state index contributed by atoms with van der Waals surface area (Å²) in [7, 11) is 0. The van der Waals surface area contributed by atoms with Gasteiger partial charge in [-0.05, 0) is 29.3 Å². The minimum atomic E-state index is -4.53. The van der Waals surface area contributed by atoms with Gasteiger partial charge in [-0.2, -0.15) is 13.2 Å². The normalized spacial score (nSPS) is 12.5. The average molecular weight is 369 g/mol. The van der Waals surface area contributed by atoms with Gasteiger partial charge in [0.15, 0.2) is 0 Å². The van der Waals surface area contributed by atoms with Gasteiger partial charge in [0.1, 0.15) is 11.9 Å². The predicted octanol–water partition coefficient (Wildman–Crippen LogP) is 3.20. The zero-order chi connectivity index (χ0) is 19.3. The summed E-state index contributed by atoms with van der Waals surface area (Å²) in [5.74, 6) is -2.61. The first-order valence-corrected chi connectivity index (χ1v) is 7.58. The number of carboxylic acid groups (broad SMARTS) is 1. The molecule has 0 bridgehead atoms. The fraction of sp³-hybridized carbons (Fsp3) is 0.222. The van der Waals surface area contributed by atoms with E-state index in [1.54, 1.807) is 0 Å². The van der Waals surface area contributed by atoms with Crippen molar-refractivity contribution in [1.29, 1.82) is 0 Å². The van der Waals surface area contributed by atoms with Gasteiger partial charge in [-0.15, -0.1) is 0 Å². The van der Waals surface area contributed by atoms with Gasteiger partial charge in [-0.3, -0.25) is 4.79 Å². The van der Waals surface area contributed by atoms with Crippen molar-refractivity contribution in [3.05, 3.63) is 71.0 Å². The number of carbonyl (C=O) groups is 2. The van der Waals surface area contributed by atoms with Gasteiger partial charge in [-0.25, -0.2) is 9.18 Å². The van der Waals surface area contributed by atoms with Crippen LogP contribution in [-0.4, -0.2) is 23.0 Å². The topological polar surface area (TPSA) is 66.4 Å². The molecule has 0 fully saturated rings. The minimum absolute atomic E-state index is 0.104. The molecule has 0 radical (unpaired) electrons. The molecule has 0 aliphatic carbocycles. The number of halogens is 4. The molecule has 0 unspecified atom stereocenters. The summed E-state index contributed by atoms with van der Waals surface area (Å²) < 4.78 is 51.2. The van der Waals surface area contributed by atoms with Crippen LogP contribution in [0.4, 0.5) is 17.6 Å². The highest BCUT2D eigenvalue weighted by molar-refractivity contribution is 5.85. The maximum Gasteiger partial charge on any atom is 0.416 e. The van der Waals surface area contributed by atoms with Gasteiger partial charge in [0.25, 0.3) is 0 Å². The Morgan fingerprint density at radius 3 is 2.31 bits per heavy atom. The number of hydrogen-bond donors (Lipinski definition) is 2. The lowest BCUT2D eigenvalue weighted by molar-refractivity contribution is -0.141. The van der Waals surface area contributed by atoms with Crippen molar-refractivity contribution in [1.82, 2.24) is 5.32 Å². The number of carboxylic acids is 1. The Bertz CT molecular complexity index is 805. The Morgan fingerprint density at radius 2 is 1.69 bits per heavy atom. The fourth-order valence-corrected chi connectivity index (χ4v) is 2.39. The predicted molar refractivity (Wildman–Crippen MR) is 84.8 cm³/mol. The molecule has 4 nitrogen and oxygen atoms in total. The van der Waals surface area contributed by atoms with Crippen molar-refractivity contribution >= 4 is 11.9 Å². The van der Waals surface area contributed by atoms with Crippen molar-refractivity contribution in [3.8, 4) is 0 Å². The molecule has 0 saturated heterocycles. The van der Waals surface area contributed by atoms with Crippen LogP contribution in [0.5, 0.6) is 0 Å². The van der Waals surface area contributed by atoms with E-state index in [-0.39, 0.29) is 12.0 Å². The van der Waals surface area contributed by atoms with E-state index in [9.17, 15) is 32.3 Å². The lowest BCUT2D eigenvalue weighted by atomic mass is 10.0. The number of alkyl halides is 3. The summed E-state index contributed by atoms with van der Waals surface area (Å²) >= 11 is 0. The summed E-state index contributed by atoms with van der Waals surface area (Å²) in [6.07, 6.45) is -5.09. The van der Waals surface area contributed by atoms with Crippen LogP contribution in [0, 0.1) is 5.82 Å². The van der Waals surface area contributed by atoms with Gasteiger partial charge < -0.3 is 10.4 Å².